The Morgan fingerprint density at radius 2 is 1.75 bits per heavy atom. The number of carbonyl (C=O) groups excluding carboxylic acids is 1. The largest absolute Gasteiger partial charge is 0.355 e. The van der Waals surface area contributed by atoms with Crippen molar-refractivity contribution >= 4 is 23.3 Å². The molecule has 28 heavy (non-hydrogen) atoms. The molecule has 2 fully saturated rings. The predicted octanol–water partition coefficient (Wildman–Crippen LogP) is 4.49. The van der Waals surface area contributed by atoms with Crippen molar-refractivity contribution in [2.45, 2.75) is 44.6 Å². The lowest BCUT2D eigenvalue weighted by Gasteiger charge is -2.37. The minimum absolute atomic E-state index is 0.0980. The van der Waals surface area contributed by atoms with E-state index in [0.717, 1.165) is 56.2 Å². The number of hydrogen-bond acceptors (Lipinski definition) is 4. The maximum Gasteiger partial charge on any atom is 0.226 e. The quantitative estimate of drug-likeness (QED) is 0.764. The Balaban J connectivity index is 1.45. The molecular weight excluding hydrogens is 372 g/mol. The molecule has 0 spiro atoms. The summed E-state index contributed by atoms with van der Waals surface area (Å²) < 4.78 is 0. The molecule has 0 N–H and O–H groups in total. The lowest BCUT2D eigenvalue weighted by Crippen LogP contribution is -2.44. The van der Waals surface area contributed by atoms with Gasteiger partial charge in [0.1, 0.15) is 5.82 Å². The van der Waals surface area contributed by atoms with Crippen LogP contribution in [0.2, 0.25) is 5.02 Å². The van der Waals surface area contributed by atoms with Gasteiger partial charge in [-0.25, -0.2) is 4.98 Å². The SMILES string of the molecule is O=C(C1CCN(c2cnccn2)CC1)N1CCCCCC1c1ccc(Cl)cc1. The summed E-state index contributed by atoms with van der Waals surface area (Å²) in [6.45, 7) is 2.57. The van der Waals surface area contributed by atoms with Crippen molar-refractivity contribution in [1.29, 1.82) is 0 Å². The van der Waals surface area contributed by atoms with Crippen molar-refractivity contribution in [1.82, 2.24) is 14.9 Å². The van der Waals surface area contributed by atoms with Gasteiger partial charge in [0.2, 0.25) is 5.91 Å². The lowest BCUT2D eigenvalue weighted by atomic mass is 9.93. The molecule has 0 radical (unpaired) electrons. The van der Waals surface area contributed by atoms with Gasteiger partial charge in [-0.1, -0.05) is 36.6 Å². The van der Waals surface area contributed by atoms with Gasteiger partial charge < -0.3 is 9.80 Å². The molecule has 0 bridgehead atoms. The number of anilines is 1. The zero-order valence-corrected chi connectivity index (χ0v) is 16.9. The summed E-state index contributed by atoms with van der Waals surface area (Å²) in [5.41, 5.74) is 1.21. The highest BCUT2D eigenvalue weighted by Gasteiger charge is 2.33. The standard InChI is InChI=1S/C22H27ClN4O/c23-19-7-5-17(6-8-19)20-4-2-1-3-13-27(20)22(28)18-9-14-26(15-10-18)21-16-24-11-12-25-21/h5-8,11-12,16,18,20H,1-4,9-10,13-15H2. The summed E-state index contributed by atoms with van der Waals surface area (Å²) >= 11 is 6.07. The summed E-state index contributed by atoms with van der Waals surface area (Å²) in [7, 11) is 0. The Kier molecular flexibility index (Phi) is 6.10. The normalized spacial score (nSPS) is 21.4. The molecule has 0 aliphatic carbocycles. The molecular formula is C22H27ClN4O. The maximum absolute atomic E-state index is 13.5. The van der Waals surface area contributed by atoms with Crippen molar-refractivity contribution in [3.63, 3.8) is 0 Å². The van der Waals surface area contributed by atoms with Gasteiger partial charge in [-0.05, 0) is 43.4 Å². The Labute approximate surface area is 171 Å². The van der Waals surface area contributed by atoms with Gasteiger partial charge in [0, 0.05) is 43.0 Å². The molecule has 2 aliphatic heterocycles. The fourth-order valence-corrected chi connectivity index (χ4v) is 4.57. The van der Waals surface area contributed by atoms with Gasteiger partial charge in [0.25, 0.3) is 0 Å². The maximum atomic E-state index is 13.5. The molecule has 1 amide bonds. The van der Waals surface area contributed by atoms with E-state index in [-0.39, 0.29) is 12.0 Å². The van der Waals surface area contributed by atoms with Crippen LogP contribution >= 0.6 is 11.6 Å². The van der Waals surface area contributed by atoms with Crippen LogP contribution in [0.3, 0.4) is 0 Å². The van der Waals surface area contributed by atoms with Crippen LogP contribution in [0, 0.1) is 5.92 Å². The average Bonchev–Trinajstić information content (AvgIpc) is 3.01. The molecule has 2 aromatic rings. The first-order valence-electron chi connectivity index (χ1n) is 10.3. The van der Waals surface area contributed by atoms with Crippen LogP contribution in [0.25, 0.3) is 0 Å². The molecule has 1 atom stereocenters. The van der Waals surface area contributed by atoms with Gasteiger partial charge in [-0.2, -0.15) is 0 Å². The summed E-state index contributed by atoms with van der Waals surface area (Å²) in [5, 5.41) is 0.742. The lowest BCUT2D eigenvalue weighted by molar-refractivity contribution is -0.138. The number of hydrogen-bond donors (Lipinski definition) is 0. The minimum Gasteiger partial charge on any atom is -0.355 e. The molecule has 4 rings (SSSR count). The summed E-state index contributed by atoms with van der Waals surface area (Å²) in [5.74, 6) is 1.32. The summed E-state index contributed by atoms with van der Waals surface area (Å²) in [6.07, 6.45) is 11.4. The molecule has 3 heterocycles. The fraction of sp³-hybridized carbons (Fsp3) is 0.500. The Morgan fingerprint density at radius 3 is 2.46 bits per heavy atom. The number of aromatic nitrogens is 2. The molecule has 1 unspecified atom stereocenters. The molecule has 6 heteroatoms. The number of rotatable bonds is 3. The van der Waals surface area contributed by atoms with E-state index >= 15 is 0 Å². The first kappa shape index (κ1) is 19.2. The second-order valence-corrected chi connectivity index (χ2v) is 8.21. The molecule has 0 saturated carbocycles. The molecule has 1 aromatic carbocycles. The smallest absolute Gasteiger partial charge is 0.226 e. The van der Waals surface area contributed by atoms with Crippen LogP contribution in [0.1, 0.15) is 50.1 Å². The number of benzene rings is 1. The Morgan fingerprint density at radius 1 is 0.964 bits per heavy atom. The zero-order chi connectivity index (χ0) is 19.3. The first-order valence-corrected chi connectivity index (χ1v) is 10.7. The van der Waals surface area contributed by atoms with Gasteiger partial charge in [-0.3, -0.25) is 9.78 Å². The van der Waals surface area contributed by atoms with E-state index in [1.54, 1.807) is 18.6 Å². The molecule has 2 saturated heterocycles. The molecule has 5 nitrogen and oxygen atoms in total. The van der Waals surface area contributed by atoms with E-state index in [1.165, 1.54) is 18.4 Å². The molecule has 1 aromatic heterocycles. The zero-order valence-electron chi connectivity index (χ0n) is 16.1. The van der Waals surface area contributed by atoms with Crippen LogP contribution in [-0.4, -0.2) is 40.4 Å². The van der Waals surface area contributed by atoms with Gasteiger partial charge in [0.15, 0.2) is 0 Å². The Bertz CT molecular complexity index is 775. The van der Waals surface area contributed by atoms with E-state index in [1.807, 2.05) is 12.1 Å². The minimum atomic E-state index is 0.0980. The summed E-state index contributed by atoms with van der Waals surface area (Å²) in [6, 6.07) is 8.20. The second kappa shape index (κ2) is 8.91. The highest BCUT2D eigenvalue weighted by molar-refractivity contribution is 6.30. The third-order valence-corrected chi connectivity index (χ3v) is 6.26. The number of carbonyl (C=O) groups is 1. The summed E-state index contributed by atoms with van der Waals surface area (Å²) in [4.78, 5) is 26.4. The van der Waals surface area contributed by atoms with Crippen LogP contribution < -0.4 is 4.90 Å². The predicted molar refractivity (Wildman–Crippen MR) is 111 cm³/mol. The first-order chi connectivity index (χ1) is 13.7. The number of halogens is 1. The Hall–Kier alpha value is -2.14. The van der Waals surface area contributed by atoms with E-state index in [4.69, 9.17) is 11.6 Å². The van der Waals surface area contributed by atoms with E-state index < -0.39 is 0 Å². The second-order valence-electron chi connectivity index (χ2n) is 7.77. The number of nitrogens with zero attached hydrogens (tertiary/aromatic N) is 4. The van der Waals surface area contributed by atoms with Crippen LogP contribution in [-0.2, 0) is 4.79 Å². The van der Waals surface area contributed by atoms with Crippen LogP contribution in [0.5, 0.6) is 0 Å². The van der Waals surface area contributed by atoms with Crippen LogP contribution in [0.15, 0.2) is 42.9 Å². The van der Waals surface area contributed by atoms with Crippen molar-refractivity contribution in [3.05, 3.63) is 53.4 Å². The highest BCUT2D eigenvalue weighted by atomic mass is 35.5. The van der Waals surface area contributed by atoms with Crippen LogP contribution in [0.4, 0.5) is 5.82 Å². The topological polar surface area (TPSA) is 49.3 Å². The van der Waals surface area contributed by atoms with E-state index in [9.17, 15) is 4.79 Å². The van der Waals surface area contributed by atoms with Crippen molar-refractivity contribution in [3.8, 4) is 0 Å². The van der Waals surface area contributed by atoms with E-state index in [2.05, 4.69) is 31.9 Å². The highest BCUT2D eigenvalue weighted by Crippen LogP contribution is 2.33. The number of piperidine rings is 1. The average molecular weight is 399 g/mol. The van der Waals surface area contributed by atoms with Gasteiger partial charge in [0.05, 0.1) is 12.2 Å². The van der Waals surface area contributed by atoms with Gasteiger partial charge >= 0.3 is 0 Å². The number of amides is 1. The van der Waals surface area contributed by atoms with Gasteiger partial charge in [-0.15, -0.1) is 0 Å². The van der Waals surface area contributed by atoms with Crippen molar-refractivity contribution in [2.24, 2.45) is 5.92 Å². The van der Waals surface area contributed by atoms with Crippen molar-refractivity contribution in [2.75, 3.05) is 24.5 Å². The molecule has 148 valence electrons. The van der Waals surface area contributed by atoms with Crippen molar-refractivity contribution < 1.29 is 4.79 Å². The fourth-order valence-electron chi connectivity index (χ4n) is 4.45. The molecule has 2 aliphatic rings. The number of likely N-dealkylation sites (tertiary alicyclic amines) is 1. The monoisotopic (exact) mass is 398 g/mol. The van der Waals surface area contributed by atoms with E-state index in [0.29, 0.717) is 5.91 Å². The third kappa shape index (κ3) is 4.30. The third-order valence-electron chi connectivity index (χ3n) is 6.01.